The summed E-state index contributed by atoms with van der Waals surface area (Å²) in [5.41, 5.74) is 2.75. The van der Waals surface area contributed by atoms with Crippen LogP contribution in [0.15, 0.2) is 60.7 Å². The minimum absolute atomic E-state index is 0.0571. The fourth-order valence-electron chi connectivity index (χ4n) is 5.78. The molecule has 0 spiro atoms. The minimum atomic E-state index is -0.786. The Hall–Kier alpha value is -2.37. The average Bonchev–Trinajstić information content (AvgIpc) is 2.79. The molecule has 2 aromatic carbocycles. The van der Waals surface area contributed by atoms with Gasteiger partial charge in [-0.3, -0.25) is 9.80 Å². The van der Waals surface area contributed by atoms with Gasteiger partial charge in [0, 0.05) is 50.3 Å². The monoisotopic (exact) mass is 435 g/mol. The van der Waals surface area contributed by atoms with E-state index in [0.717, 1.165) is 26.2 Å². The Morgan fingerprint density at radius 1 is 0.844 bits per heavy atom. The summed E-state index contributed by atoms with van der Waals surface area (Å²) in [7, 11) is 0. The lowest BCUT2D eigenvalue weighted by molar-refractivity contribution is 0.00530. The third-order valence-electron chi connectivity index (χ3n) is 7.32. The summed E-state index contributed by atoms with van der Waals surface area (Å²) in [6.07, 6.45) is 4.00. The first-order valence-corrected chi connectivity index (χ1v) is 12.1. The Labute approximate surface area is 192 Å². The van der Waals surface area contributed by atoms with Crippen LogP contribution in [0.4, 0.5) is 4.79 Å². The number of piperazine rings is 1. The molecule has 1 saturated heterocycles. The summed E-state index contributed by atoms with van der Waals surface area (Å²) < 4.78 is 0. The molecule has 5 heteroatoms. The Kier molecular flexibility index (Phi) is 7.48. The van der Waals surface area contributed by atoms with Crippen molar-refractivity contribution in [1.29, 1.82) is 0 Å². The van der Waals surface area contributed by atoms with Crippen LogP contribution in [0.2, 0.25) is 0 Å². The van der Waals surface area contributed by atoms with Crippen molar-refractivity contribution in [2.75, 3.05) is 13.1 Å². The molecule has 1 unspecified atom stereocenters. The molecule has 32 heavy (non-hydrogen) atoms. The van der Waals surface area contributed by atoms with Gasteiger partial charge in [-0.2, -0.15) is 0 Å². The van der Waals surface area contributed by atoms with E-state index in [-0.39, 0.29) is 12.1 Å². The van der Waals surface area contributed by atoms with Gasteiger partial charge in [0.25, 0.3) is 0 Å². The highest BCUT2D eigenvalue weighted by molar-refractivity contribution is 5.66. The molecule has 0 radical (unpaired) electrons. The number of hydrogen-bond donors (Lipinski definition) is 1. The third-order valence-corrected chi connectivity index (χ3v) is 7.32. The van der Waals surface area contributed by atoms with Crippen molar-refractivity contribution in [3.63, 3.8) is 0 Å². The zero-order valence-corrected chi connectivity index (χ0v) is 19.4. The highest BCUT2D eigenvalue weighted by Crippen LogP contribution is 2.31. The molecular formula is C27H37N3O2. The summed E-state index contributed by atoms with van der Waals surface area (Å²) >= 11 is 0. The first-order chi connectivity index (χ1) is 15.5. The maximum absolute atomic E-state index is 11.6. The first-order valence-electron chi connectivity index (χ1n) is 12.1. The average molecular weight is 436 g/mol. The van der Waals surface area contributed by atoms with Crippen LogP contribution < -0.4 is 0 Å². The molecule has 1 amide bonds. The van der Waals surface area contributed by atoms with Gasteiger partial charge in [0.1, 0.15) is 0 Å². The largest absolute Gasteiger partial charge is 0.465 e. The standard InChI is InChI=1S/C27H37N3O2/c1-21-17-28(18-22(2)30(21)27(31)32)25-13-15-26(16-14-25)29(19-23-9-5-3-6-10-23)20-24-11-7-4-8-12-24/h3-12,21-22,25-26H,13-20H2,1-2H3,(H,31,32)/t21-,22?,25?,26?/m0/s1. The zero-order valence-electron chi connectivity index (χ0n) is 19.4. The van der Waals surface area contributed by atoms with E-state index in [9.17, 15) is 9.90 Å². The van der Waals surface area contributed by atoms with Gasteiger partial charge in [-0.1, -0.05) is 60.7 Å². The summed E-state index contributed by atoms with van der Waals surface area (Å²) in [5.74, 6) is 0. The summed E-state index contributed by atoms with van der Waals surface area (Å²) in [6.45, 7) is 7.76. The van der Waals surface area contributed by atoms with E-state index in [0.29, 0.717) is 12.1 Å². The predicted molar refractivity (Wildman–Crippen MR) is 129 cm³/mol. The molecule has 1 N–H and O–H groups in total. The van der Waals surface area contributed by atoms with E-state index in [1.54, 1.807) is 4.90 Å². The third kappa shape index (κ3) is 5.51. The number of carbonyl (C=O) groups is 1. The molecular weight excluding hydrogens is 398 g/mol. The topological polar surface area (TPSA) is 47.0 Å². The lowest BCUT2D eigenvalue weighted by Crippen LogP contribution is -2.60. The van der Waals surface area contributed by atoms with Crippen molar-refractivity contribution < 1.29 is 9.90 Å². The summed E-state index contributed by atoms with van der Waals surface area (Å²) in [5, 5.41) is 9.52. The second-order valence-corrected chi connectivity index (χ2v) is 9.68. The fraction of sp³-hybridized carbons (Fsp3) is 0.519. The molecule has 4 rings (SSSR count). The Balaban J connectivity index is 1.39. The van der Waals surface area contributed by atoms with Crippen molar-refractivity contribution in [2.24, 2.45) is 0 Å². The van der Waals surface area contributed by atoms with Gasteiger partial charge in [0.05, 0.1) is 0 Å². The van der Waals surface area contributed by atoms with E-state index >= 15 is 0 Å². The molecule has 5 nitrogen and oxygen atoms in total. The molecule has 0 bridgehead atoms. The Morgan fingerprint density at radius 2 is 1.31 bits per heavy atom. The number of carboxylic acid groups (broad SMARTS) is 1. The molecule has 1 aliphatic carbocycles. The van der Waals surface area contributed by atoms with Crippen molar-refractivity contribution >= 4 is 6.09 Å². The summed E-state index contributed by atoms with van der Waals surface area (Å²) in [6, 6.07) is 22.9. The zero-order chi connectivity index (χ0) is 22.5. The first kappa shape index (κ1) is 22.8. The molecule has 0 aromatic heterocycles. The van der Waals surface area contributed by atoms with Crippen LogP contribution in [0.1, 0.15) is 50.7 Å². The Morgan fingerprint density at radius 3 is 1.75 bits per heavy atom. The second kappa shape index (κ2) is 10.5. The molecule has 1 saturated carbocycles. The van der Waals surface area contributed by atoms with Crippen LogP contribution in [-0.4, -0.2) is 63.2 Å². The molecule has 2 fully saturated rings. The maximum Gasteiger partial charge on any atom is 0.407 e. The number of hydrogen-bond acceptors (Lipinski definition) is 3. The SMILES string of the molecule is CC1CN(C2CCC(N(Cc3ccccc3)Cc3ccccc3)CC2)C[C@H](C)N1C(=O)O. The van der Waals surface area contributed by atoms with E-state index in [1.807, 2.05) is 13.8 Å². The van der Waals surface area contributed by atoms with Crippen LogP contribution in [-0.2, 0) is 13.1 Å². The number of nitrogens with zero attached hydrogens (tertiary/aromatic N) is 3. The van der Waals surface area contributed by atoms with Gasteiger partial charge in [-0.15, -0.1) is 0 Å². The van der Waals surface area contributed by atoms with Crippen LogP contribution in [0.5, 0.6) is 0 Å². The van der Waals surface area contributed by atoms with E-state index in [1.165, 1.54) is 36.8 Å². The lowest BCUT2D eigenvalue weighted by Gasteiger charge is -2.48. The molecule has 2 aliphatic rings. The van der Waals surface area contributed by atoms with Gasteiger partial charge in [0.2, 0.25) is 0 Å². The highest BCUT2D eigenvalue weighted by atomic mass is 16.4. The van der Waals surface area contributed by atoms with Gasteiger partial charge < -0.3 is 10.0 Å². The van der Waals surface area contributed by atoms with Crippen LogP contribution in [0.25, 0.3) is 0 Å². The number of rotatable bonds is 6. The van der Waals surface area contributed by atoms with Crippen molar-refractivity contribution in [3.05, 3.63) is 71.8 Å². The van der Waals surface area contributed by atoms with Crippen LogP contribution in [0.3, 0.4) is 0 Å². The van der Waals surface area contributed by atoms with Crippen molar-refractivity contribution in [1.82, 2.24) is 14.7 Å². The quantitative estimate of drug-likeness (QED) is 0.688. The van der Waals surface area contributed by atoms with Crippen molar-refractivity contribution in [3.8, 4) is 0 Å². The second-order valence-electron chi connectivity index (χ2n) is 9.68. The smallest absolute Gasteiger partial charge is 0.407 e. The van der Waals surface area contributed by atoms with Crippen LogP contribution >= 0.6 is 0 Å². The predicted octanol–water partition coefficient (Wildman–Crippen LogP) is 5.07. The van der Waals surface area contributed by atoms with Crippen molar-refractivity contribution in [2.45, 2.75) is 76.8 Å². The van der Waals surface area contributed by atoms with E-state index < -0.39 is 6.09 Å². The van der Waals surface area contributed by atoms with Gasteiger partial charge in [-0.25, -0.2) is 4.79 Å². The Bertz CT molecular complexity index is 798. The molecule has 1 heterocycles. The summed E-state index contributed by atoms with van der Waals surface area (Å²) in [4.78, 5) is 18.4. The minimum Gasteiger partial charge on any atom is -0.465 e. The highest BCUT2D eigenvalue weighted by Gasteiger charge is 2.37. The normalized spacial score (nSPS) is 26.9. The van der Waals surface area contributed by atoms with Crippen LogP contribution in [0, 0.1) is 0 Å². The molecule has 2 atom stereocenters. The van der Waals surface area contributed by atoms with Gasteiger partial charge in [-0.05, 0) is 50.7 Å². The fourth-order valence-corrected chi connectivity index (χ4v) is 5.78. The molecule has 1 aliphatic heterocycles. The number of amides is 1. The van der Waals surface area contributed by atoms with E-state index in [2.05, 4.69) is 70.5 Å². The number of benzene rings is 2. The van der Waals surface area contributed by atoms with Gasteiger partial charge >= 0.3 is 6.09 Å². The molecule has 2 aromatic rings. The lowest BCUT2D eigenvalue weighted by atomic mass is 9.87. The molecule has 172 valence electrons. The van der Waals surface area contributed by atoms with Gasteiger partial charge in [0.15, 0.2) is 0 Å². The van der Waals surface area contributed by atoms with E-state index in [4.69, 9.17) is 0 Å². The maximum atomic E-state index is 11.6.